The van der Waals surface area contributed by atoms with Crippen LogP contribution in [0.25, 0.3) is 0 Å². The molecule has 15 heavy (non-hydrogen) atoms. The summed E-state index contributed by atoms with van der Waals surface area (Å²) in [5.41, 5.74) is 5.70. The molecule has 1 atom stereocenters. The average molecular weight is 213 g/mol. The number of rotatable bonds is 4. The lowest BCUT2D eigenvalue weighted by Crippen LogP contribution is -2.48. The standard InChI is InChI=1S/C11H19NO3/c12-11(3-1-4-11)6-10(13)15-8-9-2-5-14-7-9/h9H,1-8,12H2. The van der Waals surface area contributed by atoms with Crippen molar-refractivity contribution in [2.75, 3.05) is 19.8 Å². The molecule has 1 aliphatic heterocycles. The van der Waals surface area contributed by atoms with Crippen molar-refractivity contribution in [1.29, 1.82) is 0 Å². The summed E-state index contributed by atoms with van der Waals surface area (Å²) >= 11 is 0. The quantitative estimate of drug-likeness (QED) is 0.703. The number of carbonyl (C=O) groups is 1. The van der Waals surface area contributed by atoms with Gasteiger partial charge >= 0.3 is 5.97 Å². The summed E-state index contributed by atoms with van der Waals surface area (Å²) in [5, 5.41) is 0. The van der Waals surface area contributed by atoms with Gasteiger partial charge < -0.3 is 15.2 Å². The highest BCUT2D eigenvalue weighted by Crippen LogP contribution is 2.32. The van der Waals surface area contributed by atoms with Crippen molar-refractivity contribution >= 4 is 5.97 Å². The molecular formula is C11H19NO3. The minimum Gasteiger partial charge on any atom is -0.465 e. The fourth-order valence-corrected chi connectivity index (χ4v) is 2.07. The first-order valence-electron chi connectivity index (χ1n) is 5.70. The second kappa shape index (κ2) is 4.49. The highest BCUT2D eigenvalue weighted by molar-refractivity contribution is 5.71. The molecule has 0 spiro atoms. The maximum absolute atomic E-state index is 11.5. The molecule has 2 N–H and O–H groups in total. The van der Waals surface area contributed by atoms with E-state index in [0.29, 0.717) is 18.9 Å². The van der Waals surface area contributed by atoms with Gasteiger partial charge in [0.25, 0.3) is 0 Å². The number of carbonyl (C=O) groups excluding carboxylic acids is 1. The summed E-state index contributed by atoms with van der Waals surface area (Å²) < 4.78 is 10.4. The van der Waals surface area contributed by atoms with E-state index in [-0.39, 0.29) is 11.5 Å². The first kappa shape index (κ1) is 10.9. The van der Waals surface area contributed by atoms with Crippen LogP contribution in [0.2, 0.25) is 0 Å². The molecule has 0 aromatic rings. The average Bonchev–Trinajstić information content (AvgIpc) is 2.64. The molecule has 1 aliphatic carbocycles. The third-order valence-electron chi connectivity index (χ3n) is 3.35. The van der Waals surface area contributed by atoms with Gasteiger partial charge in [0.05, 0.1) is 19.6 Å². The first-order valence-corrected chi connectivity index (χ1v) is 5.70. The molecule has 2 fully saturated rings. The van der Waals surface area contributed by atoms with E-state index in [4.69, 9.17) is 15.2 Å². The third-order valence-corrected chi connectivity index (χ3v) is 3.35. The molecule has 0 bridgehead atoms. The van der Waals surface area contributed by atoms with E-state index in [1.165, 1.54) is 0 Å². The number of hydrogen-bond acceptors (Lipinski definition) is 4. The molecular weight excluding hydrogens is 194 g/mol. The van der Waals surface area contributed by atoms with Crippen LogP contribution in [-0.2, 0) is 14.3 Å². The van der Waals surface area contributed by atoms with E-state index in [1.807, 2.05) is 0 Å². The number of nitrogens with two attached hydrogens (primary N) is 1. The number of esters is 1. The van der Waals surface area contributed by atoms with Gasteiger partial charge in [0.2, 0.25) is 0 Å². The predicted octanol–water partition coefficient (Wildman–Crippen LogP) is 0.838. The molecule has 0 amide bonds. The molecule has 4 heteroatoms. The molecule has 0 radical (unpaired) electrons. The van der Waals surface area contributed by atoms with E-state index in [2.05, 4.69) is 0 Å². The van der Waals surface area contributed by atoms with Crippen LogP contribution in [-0.4, -0.2) is 31.3 Å². The van der Waals surface area contributed by atoms with Crippen LogP contribution >= 0.6 is 0 Å². The maximum Gasteiger partial charge on any atom is 0.307 e. The molecule has 1 saturated carbocycles. The van der Waals surface area contributed by atoms with E-state index in [9.17, 15) is 4.79 Å². The van der Waals surface area contributed by atoms with E-state index >= 15 is 0 Å². The Kier molecular flexibility index (Phi) is 3.26. The van der Waals surface area contributed by atoms with Crippen molar-refractivity contribution in [2.24, 2.45) is 11.7 Å². The fraction of sp³-hybridized carbons (Fsp3) is 0.909. The fourth-order valence-electron chi connectivity index (χ4n) is 2.07. The zero-order chi connectivity index (χ0) is 10.7. The van der Waals surface area contributed by atoms with Gasteiger partial charge in [-0.15, -0.1) is 0 Å². The van der Waals surface area contributed by atoms with Gasteiger partial charge in [-0.05, 0) is 25.7 Å². The first-order chi connectivity index (χ1) is 7.18. The van der Waals surface area contributed by atoms with Crippen LogP contribution in [0.1, 0.15) is 32.1 Å². The van der Waals surface area contributed by atoms with E-state index in [0.717, 1.165) is 38.9 Å². The lowest BCUT2D eigenvalue weighted by Gasteiger charge is -2.37. The van der Waals surface area contributed by atoms with Crippen LogP contribution in [0.4, 0.5) is 0 Å². The topological polar surface area (TPSA) is 61.6 Å². The predicted molar refractivity (Wildman–Crippen MR) is 55.3 cm³/mol. The Bertz CT molecular complexity index is 232. The summed E-state index contributed by atoms with van der Waals surface area (Å²) in [5.74, 6) is 0.244. The zero-order valence-corrected chi connectivity index (χ0v) is 9.04. The number of hydrogen-bond donors (Lipinski definition) is 1. The molecule has 86 valence electrons. The second-order valence-electron chi connectivity index (χ2n) is 4.81. The third kappa shape index (κ3) is 2.92. The SMILES string of the molecule is NC1(CC(=O)OCC2CCOC2)CCC1. The van der Waals surface area contributed by atoms with Crippen molar-refractivity contribution in [3.8, 4) is 0 Å². The van der Waals surface area contributed by atoms with Crippen LogP contribution in [0, 0.1) is 5.92 Å². The molecule has 2 rings (SSSR count). The Morgan fingerprint density at radius 1 is 1.53 bits per heavy atom. The van der Waals surface area contributed by atoms with Gasteiger partial charge in [0, 0.05) is 18.1 Å². The largest absolute Gasteiger partial charge is 0.465 e. The Morgan fingerprint density at radius 2 is 2.33 bits per heavy atom. The van der Waals surface area contributed by atoms with Crippen LogP contribution < -0.4 is 5.73 Å². The van der Waals surface area contributed by atoms with Gasteiger partial charge in [-0.3, -0.25) is 4.79 Å². The molecule has 0 aromatic carbocycles. The minimum atomic E-state index is -0.261. The summed E-state index contributed by atoms with van der Waals surface area (Å²) in [4.78, 5) is 11.5. The van der Waals surface area contributed by atoms with Gasteiger partial charge in [-0.25, -0.2) is 0 Å². The van der Waals surface area contributed by atoms with Crippen LogP contribution in [0.15, 0.2) is 0 Å². The lowest BCUT2D eigenvalue weighted by atomic mass is 9.75. The summed E-state index contributed by atoms with van der Waals surface area (Å²) in [6.45, 7) is 2.01. The van der Waals surface area contributed by atoms with E-state index in [1.54, 1.807) is 0 Å². The minimum absolute atomic E-state index is 0.149. The van der Waals surface area contributed by atoms with Crippen LogP contribution in [0.5, 0.6) is 0 Å². The van der Waals surface area contributed by atoms with Gasteiger partial charge in [0.1, 0.15) is 0 Å². The van der Waals surface area contributed by atoms with Gasteiger partial charge in [0.15, 0.2) is 0 Å². The summed E-state index contributed by atoms with van der Waals surface area (Å²) in [7, 11) is 0. The van der Waals surface area contributed by atoms with Crippen molar-refractivity contribution in [2.45, 2.75) is 37.6 Å². The Morgan fingerprint density at radius 3 is 2.87 bits per heavy atom. The molecule has 0 aromatic heterocycles. The highest BCUT2D eigenvalue weighted by Gasteiger charge is 2.35. The zero-order valence-electron chi connectivity index (χ0n) is 9.04. The molecule has 1 heterocycles. The van der Waals surface area contributed by atoms with Gasteiger partial charge in [-0.1, -0.05) is 0 Å². The summed E-state index contributed by atoms with van der Waals surface area (Å²) in [6, 6.07) is 0. The molecule has 1 saturated heterocycles. The number of ether oxygens (including phenoxy) is 2. The van der Waals surface area contributed by atoms with Crippen molar-refractivity contribution in [3.05, 3.63) is 0 Å². The lowest BCUT2D eigenvalue weighted by molar-refractivity contribution is -0.147. The molecule has 4 nitrogen and oxygen atoms in total. The van der Waals surface area contributed by atoms with E-state index < -0.39 is 0 Å². The van der Waals surface area contributed by atoms with Crippen molar-refractivity contribution < 1.29 is 14.3 Å². The molecule has 1 unspecified atom stereocenters. The van der Waals surface area contributed by atoms with Crippen molar-refractivity contribution in [1.82, 2.24) is 0 Å². The monoisotopic (exact) mass is 213 g/mol. The maximum atomic E-state index is 11.5. The normalized spacial score (nSPS) is 28.5. The Hall–Kier alpha value is -0.610. The van der Waals surface area contributed by atoms with Crippen LogP contribution in [0.3, 0.4) is 0 Å². The Labute approximate surface area is 90.1 Å². The van der Waals surface area contributed by atoms with Crippen molar-refractivity contribution in [3.63, 3.8) is 0 Å². The second-order valence-corrected chi connectivity index (χ2v) is 4.81. The highest BCUT2D eigenvalue weighted by atomic mass is 16.5. The Balaban J connectivity index is 1.63. The summed E-state index contributed by atoms with van der Waals surface area (Å²) in [6.07, 6.45) is 4.42. The smallest absolute Gasteiger partial charge is 0.307 e. The molecule has 2 aliphatic rings. The van der Waals surface area contributed by atoms with Gasteiger partial charge in [-0.2, -0.15) is 0 Å².